The molecule has 1 aliphatic carbocycles. The Hall–Kier alpha value is -4.09. The summed E-state index contributed by atoms with van der Waals surface area (Å²) in [5, 5.41) is 7.21. The van der Waals surface area contributed by atoms with Crippen molar-refractivity contribution in [3.63, 3.8) is 0 Å². The maximum absolute atomic E-state index is 13.4. The van der Waals surface area contributed by atoms with E-state index in [9.17, 15) is 19.2 Å². The van der Waals surface area contributed by atoms with E-state index in [1.165, 1.54) is 6.92 Å². The first-order chi connectivity index (χ1) is 23.1. The van der Waals surface area contributed by atoms with Gasteiger partial charge in [-0.2, -0.15) is 0 Å². The Morgan fingerprint density at radius 2 is 1.67 bits per heavy atom. The van der Waals surface area contributed by atoms with E-state index in [0.29, 0.717) is 51.8 Å². The standard InChI is InChI=1S/C36H36Cl2N4O6/c1-21(24-12-13-26(37)27(38)19-24)18-31(39-20-30(44)23-8-4-3-5-9-23)42-17-16-29-34(36(42)47-32(45)14-15-33(46)48-36)35(40-22(2)43)25-10-6-7-11-28(25)41-29/h3-5,8-9,12-15,19,21,31,39H,6-7,10-11,16-18,20H2,1-2H3,(H,40,41,43). The molecule has 1 amide bonds. The van der Waals surface area contributed by atoms with Crippen molar-refractivity contribution in [1.29, 1.82) is 0 Å². The van der Waals surface area contributed by atoms with E-state index in [1.807, 2.05) is 19.1 Å². The zero-order chi connectivity index (χ0) is 34.0. The second-order valence-corrected chi connectivity index (χ2v) is 13.1. The number of carbonyl (C=O) groups is 4. The van der Waals surface area contributed by atoms with Gasteiger partial charge in [-0.1, -0.05) is 66.5 Å². The first-order valence-corrected chi connectivity index (χ1v) is 16.8. The van der Waals surface area contributed by atoms with Crippen LogP contribution in [0.5, 0.6) is 0 Å². The number of halogens is 2. The average Bonchev–Trinajstić information content (AvgIpc) is 3.21. The van der Waals surface area contributed by atoms with E-state index in [-0.39, 0.29) is 30.7 Å². The highest BCUT2D eigenvalue weighted by Crippen LogP contribution is 2.47. The maximum Gasteiger partial charge on any atom is 0.354 e. The van der Waals surface area contributed by atoms with Gasteiger partial charge >= 0.3 is 17.8 Å². The molecule has 2 atom stereocenters. The highest BCUT2D eigenvalue weighted by Gasteiger charge is 2.56. The molecule has 2 aromatic carbocycles. The van der Waals surface area contributed by atoms with Crippen molar-refractivity contribution in [2.75, 3.05) is 18.4 Å². The van der Waals surface area contributed by atoms with Gasteiger partial charge in [0.15, 0.2) is 5.78 Å². The number of aryl methyl sites for hydroxylation is 1. The lowest BCUT2D eigenvalue weighted by Crippen LogP contribution is -2.63. The molecule has 0 radical (unpaired) electrons. The van der Waals surface area contributed by atoms with Gasteiger partial charge in [0.25, 0.3) is 0 Å². The molecule has 12 heteroatoms. The number of fused-ring (bicyclic) bond motifs is 3. The molecule has 0 fully saturated rings. The molecule has 0 saturated heterocycles. The Morgan fingerprint density at radius 1 is 0.958 bits per heavy atom. The Balaban J connectivity index is 1.49. The molecule has 0 bridgehead atoms. The zero-order valence-electron chi connectivity index (χ0n) is 26.7. The Morgan fingerprint density at radius 3 is 2.35 bits per heavy atom. The Labute approximate surface area is 288 Å². The fourth-order valence-corrected chi connectivity index (χ4v) is 7.08. The first kappa shape index (κ1) is 33.8. The fourth-order valence-electron chi connectivity index (χ4n) is 6.77. The summed E-state index contributed by atoms with van der Waals surface area (Å²) >= 11 is 12.6. The molecule has 2 unspecified atom stereocenters. The molecule has 48 heavy (non-hydrogen) atoms. The van der Waals surface area contributed by atoms with Crippen LogP contribution in [0.15, 0.2) is 60.7 Å². The Bertz CT molecular complexity index is 1780. The number of carbonyl (C=O) groups excluding carboxylic acids is 4. The van der Waals surface area contributed by atoms with Crippen LogP contribution >= 0.6 is 23.2 Å². The summed E-state index contributed by atoms with van der Waals surface area (Å²) in [7, 11) is 0. The van der Waals surface area contributed by atoms with Crippen LogP contribution in [0, 0.1) is 0 Å². The monoisotopic (exact) mass is 690 g/mol. The predicted octanol–water partition coefficient (Wildman–Crippen LogP) is 5.84. The second kappa shape index (κ2) is 14.2. The number of ether oxygens (including phenoxy) is 2. The Kier molecular flexibility index (Phi) is 9.98. The summed E-state index contributed by atoms with van der Waals surface area (Å²) in [6, 6.07) is 14.3. The van der Waals surface area contributed by atoms with Crippen LogP contribution in [0.4, 0.5) is 5.69 Å². The number of hydrogen-bond acceptors (Lipinski definition) is 9. The number of rotatable bonds is 9. The number of anilines is 1. The van der Waals surface area contributed by atoms with Crippen LogP contribution in [-0.4, -0.2) is 52.8 Å². The summed E-state index contributed by atoms with van der Waals surface area (Å²) in [6.45, 7) is 3.58. The average molecular weight is 692 g/mol. The van der Waals surface area contributed by atoms with Gasteiger partial charge in [0, 0.05) is 43.3 Å². The third kappa shape index (κ3) is 6.89. The number of benzene rings is 2. The van der Waals surface area contributed by atoms with Crippen molar-refractivity contribution >= 4 is 52.5 Å². The van der Waals surface area contributed by atoms with Crippen molar-refractivity contribution in [1.82, 2.24) is 15.2 Å². The van der Waals surface area contributed by atoms with Crippen LogP contribution in [0.3, 0.4) is 0 Å². The molecule has 10 nitrogen and oxygen atoms in total. The number of pyridine rings is 1. The normalized spacial score (nSPS) is 18.2. The van der Waals surface area contributed by atoms with E-state index >= 15 is 0 Å². The zero-order valence-corrected chi connectivity index (χ0v) is 28.2. The lowest BCUT2D eigenvalue weighted by Gasteiger charge is -2.49. The number of nitrogens with one attached hydrogen (secondary N) is 2. The number of amides is 1. The highest BCUT2D eigenvalue weighted by atomic mass is 35.5. The molecule has 3 aromatic rings. The molecule has 3 heterocycles. The smallest absolute Gasteiger partial charge is 0.354 e. The van der Waals surface area contributed by atoms with Crippen LogP contribution in [-0.2, 0) is 49.0 Å². The van der Waals surface area contributed by atoms with Crippen molar-refractivity contribution in [3.8, 4) is 0 Å². The minimum Gasteiger partial charge on any atom is -0.401 e. The van der Waals surface area contributed by atoms with E-state index < -0.39 is 24.0 Å². The second-order valence-electron chi connectivity index (χ2n) is 12.3. The topological polar surface area (TPSA) is 127 Å². The van der Waals surface area contributed by atoms with Gasteiger partial charge in [0.2, 0.25) is 5.91 Å². The number of nitrogens with zero attached hydrogens (tertiary/aromatic N) is 2. The van der Waals surface area contributed by atoms with E-state index in [1.54, 1.807) is 41.3 Å². The summed E-state index contributed by atoms with van der Waals surface area (Å²) in [5.74, 6) is -4.37. The summed E-state index contributed by atoms with van der Waals surface area (Å²) in [5.41, 5.74) is 4.42. The number of esters is 2. The summed E-state index contributed by atoms with van der Waals surface area (Å²) < 4.78 is 12.3. The van der Waals surface area contributed by atoms with Crippen LogP contribution in [0.25, 0.3) is 0 Å². The quantitative estimate of drug-likeness (QED) is 0.210. The van der Waals surface area contributed by atoms with Gasteiger partial charge in [-0.25, -0.2) is 14.5 Å². The van der Waals surface area contributed by atoms with Gasteiger partial charge in [-0.3, -0.25) is 19.9 Å². The third-order valence-electron chi connectivity index (χ3n) is 9.03. The molecule has 250 valence electrons. The number of ketones is 1. The highest BCUT2D eigenvalue weighted by molar-refractivity contribution is 6.42. The minimum atomic E-state index is -2.12. The van der Waals surface area contributed by atoms with Gasteiger partial charge in [-0.05, 0) is 61.3 Å². The van der Waals surface area contributed by atoms with Crippen molar-refractivity contribution in [2.45, 2.75) is 70.4 Å². The van der Waals surface area contributed by atoms with Crippen LogP contribution < -0.4 is 10.6 Å². The predicted molar refractivity (Wildman–Crippen MR) is 181 cm³/mol. The minimum absolute atomic E-state index is 0.0661. The number of aromatic nitrogens is 1. The van der Waals surface area contributed by atoms with Crippen molar-refractivity contribution in [2.24, 2.45) is 0 Å². The largest absolute Gasteiger partial charge is 0.401 e. The number of Topliss-reactive ketones (excluding diaryl/α,β-unsaturated/α-hetero) is 1. The van der Waals surface area contributed by atoms with Crippen molar-refractivity contribution < 1.29 is 28.7 Å². The van der Waals surface area contributed by atoms with E-state index in [4.69, 9.17) is 37.7 Å². The molecule has 1 aromatic heterocycles. The van der Waals surface area contributed by atoms with Gasteiger partial charge < -0.3 is 14.8 Å². The van der Waals surface area contributed by atoms with Crippen molar-refractivity contribution in [3.05, 3.63) is 104 Å². The molecule has 1 spiro atoms. The lowest BCUT2D eigenvalue weighted by atomic mass is 9.87. The van der Waals surface area contributed by atoms with Gasteiger partial charge in [0.05, 0.1) is 39.7 Å². The third-order valence-corrected chi connectivity index (χ3v) is 9.77. The maximum atomic E-state index is 13.4. The molecular formula is C36H36Cl2N4O6. The molecule has 0 saturated carbocycles. The SMILES string of the molecule is CC(=O)Nc1c2c(nc3c1C1(OC(=O)C=CC(=O)O1)N(C(CC(C)c1ccc(Cl)c(Cl)c1)NCC(=O)c1ccccc1)CC3)CCCC2. The lowest BCUT2D eigenvalue weighted by molar-refractivity contribution is -0.306. The number of hydrogen-bond donors (Lipinski definition) is 2. The van der Waals surface area contributed by atoms with Gasteiger partial charge in [-0.15, -0.1) is 0 Å². The summed E-state index contributed by atoms with van der Waals surface area (Å²) in [6.07, 6.45) is 5.32. The van der Waals surface area contributed by atoms with Crippen LogP contribution in [0.1, 0.15) is 77.5 Å². The van der Waals surface area contributed by atoms with Gasteiger partial charge in [0.1, 0.15) is 0 Å². The molecule has 2 N–H and O–H groups in total. The molecular weight excluding hydrogens is 655 g/mol. The summed E-state index contributed by atoms with van der Waals surface area (Å²) in [4.78, 5) is 59.4. The first-order valence-electron chi connectivity index (χ1n) is 16.1. The molecule has 2 aliphatic heterocycles. The molecule has 3 aliphatic rings. The van der Waals surface area contributed by atoms with E-state index in [0.717, 1.165) is 48.2 Å². The van der Waals surface area contributed by atoms with Crippen LogP contribution in [0.2, 0.25) is 10.0 Å². The fraction of sp³-hybridized carbons (Fsp3) is 0.361. The molecule has 6 rings (SSSR count). The van der Waals surface area contributed by atoms with E-state index in [2.05, 4.69) is 10.6 Å².